The Morgan fingerprint density at radius 2 is 2.00 bits per heavy atom. The summed E-state index contributed by atoms with van der Waals surface area (Å²) in [4.78, 5) is 27.0. The highest BCUT2D eigenvalue weighted by Gasteiger charge is 2.22. The first-order chi connectivity index (χ1) is 10.6. The summed E-state index contributed by atoms with van der Waals surface area (Å²) in [5.74, 6) is 0.597. The van der Waals surface area contributed by atoms with Crippen LogP contribution in [-0.4, -0.2) is 41.1 Å². The lowest BCUT2D eigenvalue weighted by atomic mass is 10.3. The van der Waals surface area contributed by atoms with Gasteiger partial charge < -0.3 is 9.80 Å². The van der Waals surface area contributed by atoms with Gasteiger partial charge in [0.05, 0.1) is 0 Å². The minimum absolute atomic E-state index is 0.143. The summed E-state index contributed by atoms with van der Waals surface area (Å²) >= 11 is 7.28. The molecule has 1 fully saturated rings. The van der Waals surface area contributed by atoms with Crippen molar-refractivity contribution in [3.05, 3.63) is 32.1 Å². The van der Waals surface area contributed by atoms with Crippen molar-refractivity contribution in [2.24, 2.45) is 0 Å². The molecule has 0 unspecified atom stereocenters. The molecule has 1 aliphatic rings. The van der Waals surface area contributed by atoms with E-state index in [-0.39, 0.29) is 11.3 Å². The molecule has 0 amide bonds. The number of hydrogen-bond acceptors (Lipinski definition) is 7. The Morgan fingerprint density at radius 3 is 2.59 bits per heavy atom. The summed E-state index contributed by atoms with van der Waals surface area (Å²) < 4.78 is 0.421. The predicted octanol–water partition coefficient (Wildman–Crippen LogP) is 1.39. The number of hydrogen-bond donors (Lipinski definition) is 1. The lowest BCUT2D eigenvalue weighted by Gasteiger charge is -2.34. The summed E-state index contributed by atoms with van der Waals surface area (Å²) in [5, 5.41) is 9.67. The van der Waals surface area contributed by atoms with Crippen LogP contribution in [0.1, 0.15) is 11.4 Å². The number of thiazole rings is 1. The maximum Gasteiger partial charge on any atom is 0.252 e. The number of anilines is 2. The number of aromatic nitrogens is 3. The van der Waals surface area contributed by atoms with Gasteiger partial charge in [-0.15, -0.1) is 0 Å². The fourth-order valence-corrected chi connectivity index (χ4v) is 3.41. The zero-order valence-corrected chi connectivity index (χ0v) is 13.4. The van der Waals surface area contributed by atoms with Crippen molar-refractivity contribution in [2.75, 3.05) is 36.0 Å². The maximum absolute atomic E-state index is 11.5. The highest BCUT2D eigenvalue weighted by atomic mass is 35.5. The van der Waals surface area contributed by atoms with Crippen LogP contribution in [0.15, 0.2) is 10.9 Å². The average molecular weight is 337 g/mol. The molecule has 0 aromatic carbocycles. The molecule has 22 heavy (non-hydrogen) atoms. The van der Waals surface area contributed by atoms with Crippen LogP contribution in [0.4, 0.5) is 11.1 Å². The van der Waals surface area contributed by atoms with Gasteiger partial charge in [0, 0.05) is 37.9 Å². The highest BCUT2D eigenvalue weighted by Crippen LogP contribution is 2.30. The Bertz CT molecular complexity index is 787. The largest absolute Gasteiger partial charge is 0.344 e. The van der Waals surface area contributed by atoms with Crippen LogP contribution in [0.25, 0.3) is 0 Å². The molecule has 1 N–H and O–H groups in total. The second-order valence-electron chi connectivity index (χ2n) is 4.92. The number of nitrogens with one attached hydrogen (secondary N) is 1. The first-order valence-electron chi connectivity index (χ1n) is 6.71. The number of halogens is 1. The molecule has 114 valence electrons. The van der Waals surface area contributed by atoms with Gasteiger partial charge in [0.1, 0.15) is 10.4 Å². The van der Waals surface area contributed by atoms with E-state index in [1.165, 1.54) is 17.4 Å². The molecule has 3 rings (SSSR count). The van der Waals surface area contributed by atoms with E-state index in [1.54, 1.807) is 6.92 Å². The maximum atomic E-state index is 11.5. The lowest BCUT2D eigenvalue weighted by Crippen LogP contribution is -2.47. The quantitative estimate of drug-likeness (QED) is 0.891. The average Bonchev–Trinajstić information content (AvgIpc) is 2.87. The number of nitriles is 1. The molecule has 2 aromatic heterocycles. The minimum Gasteiger partial charge on any atom is -0.344 e. The summed E-state index contributed by atoms with van der Waals surface area (Å²) in [6.45, 7) is 4.69. The van der Waals surface area contributed by atoms with E-state index in [4.69, 9.17) is 16.9 Å². The van der Waals surface area contributed by atoms with Gasteiger partial charge >= 0.3 is 0 Å². The van der Waals surface area contributed by atoms with Gasteiger partial charge in [-0.2, -0.15) is 5.26 Å². The van der Waals surface area contributed by atoms with Crippen LogP contribution in [0.2, 0.25) is 4.34 Å². The van der Waals surface area contributed by atoms with Gasteiger partial charge in [-0.1, -0.05) is 22.9 Å². The van der Waals surface area contributed by atoms with E-state index in [1.807, 2.05) is 11.0 Å². The Labute approximate surface area is 135 Å². The van der Waals surface area contributed by atoms with E-state index in [0.717, 1.165) is 18.2 Å². The van der Waals surface area contributed by atoms with Crippen molar-refractivity contribution in [3.8, 4) is 6.07 Å². The Hall–Kier alpha value is -2.11. The van der Waals surface area contributed by atoms with Crippen LogP contribution >= 0.6 is 22.9 Å². The summed E-state index contributed by atoms with van der Waals surface area (Å²) in [5.41, 5.74) is 0.829. The molecule has 1 aliphatic heterocycles. The van der Waals surface area contributed by atoms with Crippen molar-refractivity contribution in [1.29, 1.82) is 5.26 Å². The summed E-state index contributed by atoms with van der Waals surface area (Å²) in [7, 11) is 0. The number of H-pyrrole nitrogens is 1. The van der Waals surface area contributed by atoms with Gasteiger partial charge in [-0.05, 0) is 6.92 Å². The monoisotopic (exact) mass is 336 g/mol. The zero-order chi connectivity index (χ0) is 15.7. The lowest BCUT2D eigenvalue weighted by molar-refractivity contribution is 0.636. The summed E-state index contributed by atoms with van der Waals surface area (Å²) in [6, 6.07) is 3.46. The molecule has 0 spiro atoms. The van der Waals surface area contributed by atoms with Crippen molar-refractivity contribution in [3.63, 3.8) is 0 Å². The van der Waals surface area contributed by atoms with Gasteiger partial charge in [-0.3, -0.25) is 9.78 Å². The molecule has 0 radical (unpaired) electrons. The third kappa shape index (κ3) is 2.91. The molecule has 0 bridgehead atoms. The molecule has 7 nitrogen and oxygen atoms in total. The SMILES string of the molecule is Cc1cc(=O)[nH]c(N2CCN(c3nc(C#N)c(Cl)s3)CC2)n1. The van der Waals surface area contributed by atoms with Crippen LogP contribution in [0.5, 0.6) is 0 Å². The highest BCUT2D eigenvalue weighted by molar-refractivity contribution is 7.19. The van der Waals surface area contributed by atoms with E-state index in [2.05, 4.69) is 19.9 Å². The van der Waals surface area contributed by atoms with E-state index >= 15 is 0 Å². The first-order valence-corrected chi connectivity index (χ1v) is 7.90. The minimum atomic E-state index is -0.143. The molecular formula is C13H13ClN6OS. The second kappa shape index (κ2) is 5.94. The second-order valence-corrected chi connectivity index (χ2v) is 6.49. The topological polar surface area (TPSA) is 88.9 Å². The van der Waals surface area contributed by atoms with Gasteiger partial charge in [0.2, 0.25) is 5.95 Å². The molecule has 2 aromatic rings. The zero-order valence-electron chi connectivity index (χ0n) is 11.8. The fraction of sp³-hybridized carbons (Fsp3) is 0.385. The van der Waals surface area contributed by atoms with Gasteiger partial charge in [0.25, 0.3) is 5.56 Å². The molecule has 9 heteroatoms. The van der Waals surface area contributed by atoms with E-state index in [0.29, 0.717) is 29.1 Å². The smallest absolute Gasteiger partial charge is 0.252 e. The predicted molar refractivity (Wildman–Crippen MR) is 85.9 cm³/mol. The van der Waals surface area contributed by atoms with Crippen LogP contribution in [-0.2, 0) is 0 Å². The molecular weight excluding hydrogens is 324 g/mol. The Kier molecular flexibility index (Phi) is 4.00. The molecule has 0 saturated carbocycles. The Balaban J connectivity index is 1.72. The molecule has 3 heterocycles. The number of rotatable bonds is 2. The normalized spacial score (nSPS) is 15.0. The Morgan fingerprint density at radius 1 is 1.32 bits per heavy atom. The van der Waals surface area contributed by atoms with Crippen LogP contribution in [0, 0.1) is 18.3 Å². The first kappa shape index (κ1) is 14.8. The third-order valence-corrected chi connectivity index (χ3v) is 4.70. The fourth-order valence-electron chi connectivity index (χ4n) is 2.32. The molecule has 0 atom stereocenters. The number of piperazine rings is 1. The van der Waals surface area contributed by atoms with Crippen molar-refractivity contribution in [2.45, 2.75) is 6.92 Å². The van der Waals surface area contributed by atoms with Gasteiger partial charge in [-0.25, -0.2) is 9.97 Å². The van der Waals surface area contributed by atoms with Crippen LogP contribution < -0.4 is 15.4 Å². The van der Waals surface area contributed by atoms with Crippen molar-refractivity contribution < 1.29 is 0 Å². The third-order valence-electron chi connectivity index (χ3n) is 3.39. The number of aryl methyl sites for hydroxylation is 1. The van der Waals surface area contributed by atoms with E-state index in [9.17, 15) is 4.79 Å². The summed E-state index contributed by atoms with van der Waals surface area (Å²) in [6.07, 6.45) is 0. The van der Waals surface area contributed by atoms with Crippen LogP contribution in [0.3, 0.4) is 0 Å². The van der Waals surface area contributed by atoms with Gasteiger partial charge in [0.15, 0.2) is 10.8 Å². The standard InChI is InChI=1S/C13H13ClN6OS/c1-8-6-10(21)18-12(16-8)19-2-4-20(5-3-19)13-17-9(7-15)11(14)22-13/h6H,2-5H2,1H3,(H,16,18,21). The van der Waals surface area contributed by atoms with Crippen molar-refractivity contribution >= 4 is 34.0 Å². The van der Waals surface area contributed by atoms with Crippen molar-refractivity contribution in [1.82, 2.24) is 15.0 Å². The molecule has 0 aliphatic carbocycles. The van der Waals surface area contributed by atoms with E-state index < -0.39 is 0 Å². The number of nitrogens with zero attached hydrogens (tertiary/aromatic N) is 5. The number of aromatic amines is 1. The molecule has 1 saturated heterocycles.